The maximum absolute atomic E-state index is 12.9. The van der Waals surface area contributed by atoms with Crippen molar-refractivity contribution in [2.45, 2.75) is 13.5 Å². The molecule has 0 aliphatic carbocycles. The summed E-state index contributed by atoms with van der Waals surface area (Å²) in [5.74, 6) is 0.772. The number of rotatable bonds is 4. The zero-order chi connectivity index (χ0) is 14.7. The average Bonchev–Trinajstić information content (AvgIpc) is 2.93. The second-order valence-electron chi connectivity index (χ2n) is 4.65. The smallest absolute Gasteiger partial charge is 0.249 e. The van der Waals surface area contributed by atoms with E-state index in [9.17, 15) is 4.39 Å². The summed E-state index contributed by atoms with van der Waals surface area (Å²) in [6.45, 7) is 2.34. The van der Waals surface area contributed by atoms with Crippen LogP contribution in [-0.4, -0.2) is 10.2 Å². The van der Waals surface area contributed by atoms with E-state index in [0.29, 0.717) is 18.3 Å². The highest BCUT2D eigenvalue weighted by Gasteiger charge is 2.10. The second-order valence-corrected chi connectivity index (χ2v) is 4.65. The molecular weight excluding hydrogens is 269 g/mol. The van der Waals surface area contributed by atoms with Gasteiger partial charge in [0.2, 0.25) is 11.8 Å². The van der Waals surface area contributed by atoms with Crippen LogP contribution in [0.25, 0.3) is 11.5 Å². The van der Waals surface area contributed by atoms with Crippen LogP contribution >= 0.6 is 0 Å². The van der Waals surface area contributed by atoms with E-state index in [4.69, 9.17) is 4.42 Å². The molecule has 0 saturated heterocycles. The first-order chi connectivity index (χ1) is 10.2. The summed E-state index contributed by atoms with van der Waals surface area (Å²) in [4.78, 5) is 0. The number of aryl methyl sites for hydroxylation is 1. The minimum atomic E-state index is -0.236. The van der Waals surface area contributed by atoms with Gasteiger partial charge in [0, 0.05) is 19.2 Å². The van der Waals surface area contributed by atoms with Gasteiger partial charge < -0.3 is 9.73 Å². The number of hydrogen-bond acceptors (Lipinski definition) is 4. The fourth-order valence-electron chi connectivity index (χ4n) is 2.03. The molecule has 1 N–H and O–H groups in total. The van der Waals surface area contributed by atoms with E-state index in [2.05, 4.69) is 15.5 Å². The summed E-state index contributed by atoms with van der Waals surface area (Å²) >= 11 is 0. The maximum atomic E-state index is 12.9. The summed E-state index contributed by atoms with van der Waals surface area (Å²) in [5.41, 5.74) is 2.73. The first-order valence-electron chi connectivity index (χ1n) is 6.60. The molecule has 1 aromatic heterocycles. The lowest BCUT2D eigenvalue weighted by Gasteiger charge is -2.09. The number of nitrogens with zero attached hydrogens (tertiary/aromatic N) is 2. The predicted octanol–water partition coefficient (Wildman–Crippen LogP) is 3.80. The molecule has 21 heavy (non-hydrogen) atoms. The Morgan fingerprint density at radius 2 is 1.81 bits per heavy atom. The number of halogens is 1. The molecule has 4 nitrogen and oxygen atoms in total. The topological polar surface area (TPSA) is 51.0 Å². The Bertz CT molecular complexity index is 737. The second kappa shape index (κ2) is 5.75. The van der Waals surface area contributed by atoms with Gasteiger partial charge in [0.1, 0.15) is 5.82 Å². The van der Waals surface area contributed by atoms with Crippen LogP contribution in [0.1, 0.15) is 11.5 Å². The van der Waals surface area contributed by atoms with Crippen molar-refractivity contribution in [3.05, 3.63) is 65.8 Å². The molecule has 0 bridgehead atoms. The lowest BCUT2D eigenvalue weighted by Crippen LogP contribution is -2.01. The minimum absolute atomic E-state index is 0.236. The van der Waals surface area contributed by atoms with Crippen LogP contribution in [-0.2, 0) is 6.54 Å². The minimum Gasteiger partial charge on any atom is -0.421 e. The Kier molecular flexibility index (Phi) is 3.64. The van der Waals surface area contributed by atoms with Crippen molar-refractivity contribution in [1.29, 1.82) is 0 Å². The first-order valence-corrected chi connectivity index (χ1v) is 6.60. The summed E-state index contributed by atoms with van der Waals surface area (Å²) in [6, 6.07) is 14.1. The molecule has 106 valence electrons. The van der Waals surface area contributed by atoms with Crippen LogP contribution in [0, 0.1) is 12.7 Å². The number of nitrogens with one attached hydrogen (secondary N) is 1. The molecule has 5 heteroatoms. The zero-order valence-electron chi connectivity index (χ0n) is 11.5. The highest BCUT2D eigenvalue weighted by molar-refractivity contribution is 5.72. The van der Waals surface area contributed by atoms with Crippen molar-refractivity contribution < 1.29 is 8.81 Å². The molecule has 0 aliphatic heterocycles. The standard InChI is InChI=1S/C16H14FN3O/c1-11-19-20-16(21-11)14-4-2-3-5-15(14)18-10-12-6-8-13(17)9-7-12/h2-9,18H,10H2,1H3. The molecule has 0 spiro atoms. The van der Waals surface area contributed by atoms with Gasteiger partial charge in [0.05, 0.1) is 5.56 Å². The van der Waals surface area contributed by atoms with E-state index in [1.54, 1.807) is 19.1 Å². The molecule has 0 unspecified atom stereocenters. The summed E-state index contributed by atoms with van der Waals surface area (Å²) < 4.78 is 18.4. The van der Waals surface area contributed by atoms with Gasteiger partial charge >= 0.3 is 0 Å². The molecule has 0 saturated carbocycles. The fourth-order valence-corrected chi connectivity index (χ4v) is 2.03. The monoisotopic (exact) mass is 283 g/mol. The van der Waals surface area contributed by atoms with E-state index in [1.807, 2.05) is 24.3 Å². The quantitative estimate of drug-likeness (QED) is 0.791. The van der Waals surface area contributed by atoms with Crippen LogP contribution in [0.2, 0.25) is 0 Å². The molecule has 3 aromatic rings. The molecule has 0 radical (unpaired) electrons. The molecule has 0 fully saturated rings. The van der Waals surface area contributed by atoms with Gasteiger partial charge in [-0.15, -0.1) is 10.2 Å². The third-order valence-corrected chi connectivity index (χ3v) is 3.08. The third-order valence-electron chi connectivity index (χ3n) is 3.08. The average molecular weight is 283 g/mol. The van der Waals surface area contributed by atoms with Gasteiger partial charge in [0.25, 0.3) is 0 Å². The zero-order valence-corrected chi connectivity index (χ0v) is 11.5. The predicted molar refractivity (Wildman–Crippen MR) is 78.2 cm³/mol. The van der Waals surface area contributed by atoms with Gasteiger partial charge in [-0.05, 0) is 29.8 Å². The van der Waals surface area contributed by atoms with Crippen molar-refractivity contribution in [3.63, 3.8) is 0 Å². The van der Waals surface area contributed by atoms with E-state index >= 15 is 0 Å². The number of aromatic nitrogens is 2. The highest BCUT2D eigenvalue weighted by Crippen LogP contribution is 2.26. The van der Waals surface area contributed by atoms with E-state index < -0.39 is 0 Å². The van der Waals surface area contributed by atoms with Crippen molar-refractivity contribution in [3.8, 4) is 11.5 Å². The van der Waals surface area contributed by atoms with Crippen molar-refractivity contribution in [2.75, 3.05) is 5.32 Å². The molecule has 3 rings (SSSR count). The van der Waals surface area contributed by atoms with Crippen LogP contribution in [0.5, 0.6) is 0 Å². The third kappa shape index (κ3) is 3.08. The Hall–Kier alpha value is -2.69. The molecule has 0 amide bonds. The lowest BCUT2D eigenvalue weighted by atomic mass is 10.1. The van der Waals surface area contributed by atoms with E-state index in [1.165, 1.54) is 12.1 Å². The molecule has 0 aliphatic rings. The Labute approximate surface area is 121 Å². The van der Waals surface area contributed by atoms with Gasteiger partial charge in [-0.2, -0.15) is 0 Å². The van der Waals surface area contributed by atoms with Crippen molar-refractivity contribution in [1.82, 2.24) is 10.2 Å². The van der Waals surface area contributed by atoms with Crippen molar-refractivity contribution in [2.24, 2.45) is 0 Å². The lowest BCUT2D eigenvalue weighted by molar-refractivity contribution is 0.533. The largest absolute Gasteiger partial charge is 0.421 e. The Morgan fingerprint density at radius 3 is 2.52 bits per heavy atom. The van der Waals surface area contributed by atoms with Crippen LogP contribution < -0.4 is 5.32 Å². The van der Waals surface area contributed by atoms with Gasteiger partial charge in [-0.3, -0.25) is 0 Å². The highest BCUT2D eigenvalue weighted by atomic mass is 19.1. The Morgan fingerprint density at radius 1 is 1.05 bits per heavy atom. The Balaban J connectivity index is 1.81. The van der Waals surface area contributed by atoms with Gasteiger partial charge in [0.15, 0.2) is 0 Å². The SMILES string of the molecule is Cc1nnc(-c2ccccc2NCc2ccc(F)cc2)o1. The van der Waals surface area contributed by atoms with Crippen LogP contribution in [0.15, 0.2) is 52.9 Å². The number of benzene rings is 2. The number of anilines is 1. The van der Waals surface area contributed by atoms with Crippen molar-refractivity contribution >= 4 is 5.69 Å². The van der Waals surface area contributed by atoms with Gasteiger partial charge in [-0.1, -0.05) is 24.3 Å². The summed E-state index contributed by atoms with van der Waals surface area (Å²) in [7, 11) is 0. The fraction of sp³-hybridized carbons (Fsp3) is 0.125. The maximum Gasteiger partial charge on any atom is 0.249 e. The molecular formula is C16H14FN3O. The first kappa shape index (κ1) is 13.3. The van der Waals surface area contributed by atoms with E-state index in [0.717, 1.165) is 16.8 Å². The molecule has 2 aromatic carbocycles. The number of para-hydroxylation sites is 1. The molecule has 1 heterocycles. The molecule has 0 atom stereocenters. The normalized spacial score (nSPS) is 10.6. The van der Waals surface area contributed by atoms with Crippen LogP contribution in [0.3, 0.4) is 0 Å². The summed E-state index contributed by atoms with van der Waals surface area (Å²) in [6.07, 6.45) is 0. The van der Waals surface area contributed by atoms with Gasteiger partial charge in [-0.25, -0.2) is 4.39 Å². The van der Waals surface area contributed by atoms with Crippen LogP contribution in [0.4, 0.5) is 10.1 Å². The summed E-state index contributed by atoms with van der Waals surface area (Å²) in [5, 5.41) is 11.2. The number of hydrogen-bond donors (Lipinski definition) is 1. The van der Waals surface area contributed by atoms with E-state index in [-0.39, 0.29) is 5.82 Å².